The Labute approximate surface area is 299 Å². The molecular formula is C39H35N5O4S2. The van der Waals surface area contributed by atoms with Crippen molar-refractivity contribution in [1.82, 2.24) is 10.2 Å². The largest absolute Gasteiger partial charge is 0.465 e. The monoisotopic (exact) mass is 701 g/mol. The van der Waals surface area contributed by atoms with Gasteiger partial charge in [-0.25, -0.2) is 0 Å². The Balaban J connectivity index is 1.11. The minimum absolute atomic E-state index is 0.00722. The average molecular weight is 702 g/mol. The number of hydrogen-bond acceptors (Lipinski definition) is 8. The van der Waals surface area contributed by atoms with Gasteiger partial charge in [0, 0.05) is 46.7 Å². The Bertz CT molecular complexity index is 2040. The molecule has 1 unspecified atom stereocenters. The van der Waals surface area contributed by atoms with Crippen molar-refractivity contribution in [3.63, 3.8) is 0 Å². The van der Waals surface area contributed by atoms with Crippen LogP contribution in [0.4, 0.5) is 10.7 Å². The summed E-state index contributed by atoms with van der Waals surface area (Å²) in [6.45, 7) is 4.36. The minimum atomic E-state index is -0.536. The zero-order valence-electron chi connectivity index (χ0n) is 27.3. The molecule has 3 heterocycles. The van der Waals surface area contributed by atoms with Gasteiger partial charge in [-0.05, 0) is 66.4 Å². The van der Waals surface area contributed by atoms with Crippen molar-refractivity contribution in [3.8, 4) is 6.07 Å². The lowest BCUT2D eigenvalue weighted by molar-refractivity contribution is -0.116. The number of rotatable bonds is 12. The summed E-state index contributed by atoms with van der Waals surface area (Å²) in [6, 6.07) is 31.8. The van der Waals surface area contributed by atoms with Gasteiger partial charge in [-0.15, -0.1) is 23.1 Å². The lowest BCUT2D eigenvalue weighted by Gasteiger charge is -2.26. The topological polar surface area (TPSA) is 127 Å². The number of nitriles is 1. The summed E-state index contributed by atoms with van der Waals surface area (Å²) in [5.41, 5.74) is 3.73. The molecule has 252 valence electrons. The molecule has 1 atom stereocenters. The van der Waals surface area contributed by atoms with Gasteiger partial charge in [0.2, 0.25) is 5.91 Å². The molecular weight excluding hydrogens is 667 g/mol. The molecule has 50 heavy (non-hydrogen) atoms. The fraction of sp³-hybridized carbons (Fsp3) is 0.179. The van der Waals surface area contributed by atoms with Crippen LogP contribution in [-0.4, -0.2) is 34.4 Å². The fourth-order valence-electron chi connectivity index (χ4n) is 5.62. The van der Waals surface area contributed by atoms with Gasteiger partial charge >= 0.3 is 0 Å². The predicted molar refractivity (Wildman–Crippen MR) is 198 cm³/mol. The van der Waals surface area contributed by atoms with Crippen molar-refractivity contribution in [2.45, 2.75) is 43.0 Å². The first-order valence-electron chi connectivity index (χ1n) is 16.2. The predicted octanol–water partition coefficient (Wildman–Crippen LogP) is 7.69. The van der Waals surface area contributed by atoms with Crippen LogP contribution in [0, 0.1) is 11.3 Å². The zero-order valence-corrected chi connectivity index (χ0v) is 29.0. The second-order valence-corrected chi connectivity index (χ2v) is 14.0. The molecule has 2 aromatic heterocycles. The van der Waals surface area contributed by atoms with Gasteiger partial charge in [-0.1, -0.05) is 61.5 Å². The maximum Gasteiger partial charge on any atom is 0.272 e. The van der Waals surface area contributed by atoms with Crippen LogP contribution in [0.15, 0.2) is 118 Å². The third kappa shape index (κ3) is 8.59. The SMILES string of the molecule is CCC(Sc1cccc(NC(=O)/C(=C/c2ccco2)NC(=O)c2ccccc2)c1)C(=O)Nc1sc2c(c1C#N)CCN(Cc1ccccc1)C2. The number of furan rings is 1. The molecule has 0 bridgehead atoms. The third-order valence-corrected chi connectivity index (χ3v) is 10.6. The number of thiophene rings is 1. The number of carbonyl (C=O) groups is 3. The van der Waals surface area contributed by atoms with Gasteiger partial charge in [-0.2, -0.15) is 5.26 Å². The van der Waals surface area contributed by atoms with Crippen molar-refractivity contribution >= 4 is 57.6 Å². The van der Waals surface area contributed by atoms with E-state index in [2.05, 4.69) is 39.1 Å². The summed E-state index contributed by atoms with van der Waals surface area (Å²) in [5, 5.41) is 18.8. The van der Waals surface area contributed by atoms with E-state index < -0.39 is 17.1 Å². The summed E-state index contributed by atoms with van der Waals surface area (Å²) in [4.78, 5) is 44.2. The van der Waals surface area contributed by atoms with E-state index in [0.29, 0.717) is 34.0 Å². The number of amides is 3. The van der Waals surface area contributed by atoms with Crippen LogP contribution >= 0.6 is 23.1 Å². The highest BCUT2D eigenvalue weighted by molar-refractivity contribution is 8.00. The van der Waals surface area contributed by atoms with Gasteiger partial charge < -0.3 is 20.4 Å². The summed E-state index contributed by atoms with van der Waals surface area (Å²) >= 11 is 2.86. The summed E-state index contributed by atoms with van der Waals surface area (Å²) in [5.74, 6) is -0.753. The van der Waals surface area contributed by atoms with E-state index in [1.807, 2.05) is 31.2 Å². The number of benzene rings is 3. The van der Waals surface area contributed by atoms with Crippen LogP contribution in [0.3, 0.4) is 0 Å². The van der Waals surface area contributed by atoms with Crippen molar-refractivity contribution in [3.05, 3.63) is 142 Å². The van der Waals surface area contributed by atoms with Gasteiger partial charge in [0.15, 0.2) is 0 Å². The van der Waals surface area contributed by atoms with Crippen molar-refractivity contribution in [1.29, 1.82) is 5.26 Å². The van der Waals surface area contributed by atoms with E-state index in [9.17, 15) is 19.6 Å². The molecule has 0 aliphatic carbocycles. The molecule has 3 amide bonds. The molecule has 0 saturated heterocycles. The van der Waals surface area contributed by atoms with E-state index in [1.54, 1.807) is 60.7 Å². The van der Waals surface area contributed by atoms with Gasteiger partial charge in [0.25, 0.3) is 11.8 Å². The first-order chi connectivity index (χ1) is 24.4. The van der Waals surface area contributed by atoms with E-state index in [4.69, 9.17) is 4.42 Å². The number of nitrogens with zero attached hydrogens (tertiary/aromatic N) is 2. The molecule has 3 N–H and O–H groups in total. The second-order valence-electron chi connectivity index (χ2n) is 11.6. The summed E-state index contributed by atoms with van der Waals surface area (Å²) in [7, 11) is 0. The molecule has 5 aromatic rings. The number of thioether (sulfide) groups is 1. The fourth-order valence-corrected chi connectivity index (χ4v) is 7.88. The molecule has 6 rings (SSSR count). The van der Waals surface area contributed by atoms with Crippen molar-refractivity contribution in [2.75, 3.05) is 17.2 Å². The molecule has 1 aliphatic rings. The number of carbonyl (C=O) groups excluding carboxylic acids is 3. The molecule has 0 saturated carbocycles. The zero-order chi connectivity index (χ0) is 34.9. The van der Waals surface area contributed by atoms with E-state index in [-0.39, 0.29) is 11.6 Å². The summed E-state index contributed by atoms with van der Waals surface area (Å²) < 4.78 is 5.39. The molecule has 11 heteroatoms. The molecule has 1 aliphatic heterocycles. The average Bonchev–Trinajstić information content (AvgIpc) is 3.78. The lowest BCUT2D eigenvalue weighted by Crippen LogP contribution is -2.30. The third-order valence-electron chi connectivity index (χ3n) is 8.13. The van der Waals surface area contributed by atoms with E-state index in [1.165, 1.54) is 41.0 Å². The normalized spacial score (nSPS) is 13.5. The van der Waals surface area contributed by atoms with E-state index >= 15 is 0 Å². The Kier molecular flexibility index (Phi) is 11.3. The van der Waals surface area contributed by atoms with Gasteiger partial charge in [0.1, 0.15) is 22.5 Å². The van der Waals surface area contributed by atoms with Crippen LogP contribution in [0.2, 0.25) is 0 Å². The highest BCUT2D eigenvalue weighted by Crippen LogP contribution is 2.38. The highest BCUT2D eigenvalue weighted by atomic mass is 32.2. The number of hydrogen-bond donors (Lipinski definition) is 3. The Morgan fingerprint density at radius 3 is 2.50 bits per heavy atom. The number of anilines is 2. The number of nitrogens with one attached hydrogen (secondary N) is 3. The Morgan fingerprint density at radius 1 is 1.00 bits per heavy atom. The molecule has 0 radical (unpaired) electrons. The lowest BCUT2D eigenvalue weighted by atomic mass is 10.0. The molecule has 0 spiro atoms. The van der Waals surface area contributed by atoms with Gasteiger partial charge in [0.05, 0.1) is 17.1 Å². The Morgan fingerprint density at radius 2 is 1.78 bits per heavy atom. The van der Waals surface area contributed by atoms with Gasteiger partial charge in [-0.3, -0.25) is 19.3 Å². The molecule has 0 fully saturated rings. The molecule has 3 aromatic carbocycles. The van der Waals surface area contributed by atoms with Crippen LogP contribution in [0.1, 0.15) is 51.0 Å². The highest BCUT2D eigenvalue weighted by Gasteiger charge is 2.27. The van der Waals surface area contributed by atoms with Crippen molar-refractivity contribution < 1.29 is 18.8 Å². The Hall–Kier alpha value is -5.41. The minimum Gasteiger partial charge on any atom is -0.465 e. The first kappa shape index (κ1) is 34.5. The maximum absolute atomic E-state index is 13.6. The van der Waals surface area contributed by atoms with Crippen LogP contribution in [0.5, 0.6) is 0 Å². The number of fused-ring (bicyclic) bond motifs is 1. The quantitative estimate of drug-likeness (QED) is 0.0899. The first-order valence-corrected chi connectivity index (χ1v) is 17.9. The van der Waals surface area contributed by atoms with Crippen LogP contribution in [-0.2, 0) is 29.1 Å². The molecule has 9 nitrogen and oxygen atoms in total. The smallest absolute Gasteiger partial charge is 0.272 e. The van der Waals surface area contributed by atoms with Crippen molar-refractivity contribution in [2.24, 2.45) is 0 Å². The standard InChI is InChI=1S/C39H35N5O4S2/c1-2-34(38(47)43-39-32(23-40)31-18-19-44(25-35(31)50-39)24-26-11-5-3-6-12-26)49-30-17-9-15-28(21-30)41-37(46)33(22-29-16-10-20-48-29)42-36(45)27-13-7-4-8-14-27/h3-17,20-22,34H,2,18-19,24-25H2,1H3,(H,41,46)(H,42,45)(H,43,47)/b33-22-. The maximum atomic E-state index is 13.6. The van der Waals surface area contributed by atoms with E-state index in [0.717, 1.165) is 41.4 Å². The summed E-state index contributed by atoms with van der Waals surface area (Å²) in [6.07, 6.45) is 4.25. The second kappa shape index (κ2) is 16.3. The van der Waals surface area contributed by atoms with Crippen LogP contribution < -0.4 is 16.0 Å². The van der Waals surface area contributed by atoms with Crippen LogP contribution in [0.25, 0.3) is 6.08 Å².